The predicted molar refractivity (Wildman–Crippen MR) is 77.3 cm³/mol. The van der Waals surface area contributed by atoms with E-state index in [-0.39, 0.29) is 0 Å². The number of alkyl halides is 1. The van der Waals surface area contributed by atoms with E-state index in [9.17, 15) is 0 Å². The van der Waals surface area contributed by atoms with Gasteiger partial charge in [-0.2, -0.15) is 4.98 Å². The Kier molecular flexibility index (Phi) is 3.63. The van der Waals surface area contributed by atoms with E-state index in [0.29, 0.717) is 35.6 Å². The molecular formula is C13H12Cl2N4O. The zero-order valence-corrected chi connectivity index (χ0v) is 12.3. The molecule has 2 aromatic heterocycles. The fourth-order valence-electron chi connectivity index (χ4n) is 2.18. The summed E-state index contributed by atoms with van der Waals surface area (Å²) in [7, 11) is 0. The Morgan fingerprint density at radius 2 is 2.15 bits per heavy atom. The van der Waals surface area contributed by atoms with Gasteiger partial charge in [-0.3, -0.25) is 0 Å². The number of hydrogen-bond acceptors (Lipinski definition) is 4. The van der Waals surface area contributed by atoms with E-state index < -0.39 is 0 Å². The second kappa shape index (κ2) is 5.42. The highest BCUT2D eigenvalue weighted by molar-refractivity contribution is 6.35. The topological polar surface area (TPSA) is 56.7 Å². The van der Waals surface area contributed by atoms with Gasteiger partial charge >= 0.3 is 0 Å². The van der Waals surface area contributed by atoms with Gasteiger partial charge < -0.3 is 9.09 Å². The Labute approximate surface area is 125 Å². The normalized spacial score (nSPS) is 11.3. The van der Waals surface area contributed by atoms with Crippen LogP contribution in [-0.2, 0) is 13.0 Å². The van der Waals surface area contributed by atoms with Crippen molar-refractivity contribution in [2.45, 2.75) is 19.9 Å². The lowest BCUT2D eigenvalue weighted by atomic mass is 10.3. The number of para-hydroxylation sites is 1. The molecule has 3 rings (SSSR count). The van der Waals surface area contributed by atoms with Gasteiger partial charge in [0.25, 0.3) is 0 Å². The van der Waals surface area contributed by atoms with E-state index in [1.165, 1.54) is 0 Å². The number of aromatic nitrogens is 4. The van der Waals surface area contributed by atoms with Crippen LogP contribution in [0.4, 0.5) is 0 Å². The van der Waals surface area contributed by atoms with Crippen LogP contribution >= 0.6 is 23.2 Å². The molecule has 0 saturated carbocycles. The molecule has 0 saturated heterocycles. The maximum Gasteiger partial charge on any atom is 0.223 e. The van der Waals surface area contributed by atoms with E-state index >= 15 is 0 Å². The van der Waals surface area contributed by atoms with Crippen molar-refractivity contribution in [3.63, 3.8) is 0 Å². The molecule has 2 heterocycles. The summed E-state index contributed by atoms with van der Waals surface area (Å²) in [5.41, 5.74) is 1.72. The summed E-state index contributed by atoms with van der Waals surface area (Å²) < 4.78 is 6.99. The number of fused-ring (bicyclic) bond motifs is 1. The third kappa shape index (κ3) is 2.39. The molecule has 5 nitrogen and oxygen atoms in total. The minimum absolute atomic E-state index is 0.462. The van der Waals surface area contributed by atoms with Gasteiger partial charge in [-0.1, -0.05) is 22.8 Å². The van der Waals surface area contributed by atoms with Gasteiger partial charge in [0.2, 0.25) is 5.89 Å². The number of hydrogen-bond donors (Lipinski definition) is 0. The molecule has 0 aliphatic carbocycles. The van der Waals surface area contributed by atoms with Gasteiger partial charge in [0, 0.05) is 19.2 Å². The van der Waals surface area contributed by atoms with E-state index in [1.807, 2.05) is 22.8 Å². The highest BCUT2D eigenvalue weighted by atomic mass is 35.5. The van der Waals surface area contributed by atoms with Gasteiger partial charge in [0.05, 0.1) is 22.6 Å². The molecule has 7 heteroatoms. The number of nitrogens with zero attached hydrogens (tertiary/aromatic N) is 4. The summed E-state index contributed by atoms with van der Waals surface area (Å²) in [5, 5.41) is 4.57. The summed E-state index contributed by atoms with van der Waals surface area (Å²) in [6, 6.07) is 5.65. The number of halogens is 2. The summed E-state index contributed by atoms with van der Waals surface area (Å²) in [6.45, 7) is 2.22. The quantitative estimate of drug-likeness (QED) is 0.694. The lowest BCUT2D eigenvalue weighted by molar-refractivity contribution is 0.386. The SMILES string of the molecule is Cc1nc(Cn2c(CCCl)nc3cccc(Cl)c32)no1. The number of aryl methyl sites for hydroxylation is 2. The van der Waals surface area contributed by atoms with E-state index in [1.54, 1.807) is 6.92 Å². The van der Waals surface area contributed by atoms with Crippen molar-refractivity contribution in [2.75, 3.05) is 5.88 Å². The van der Waals surface area contributed by atoms with Gasteiger partial charge in [0.1, 0.15) is 5.82 Å². The second-order valence-electron chi connectivity index (χ2n) is 4.39. The van der Waals surface area contributed by atoms with E-state index in [2.05, 4.69) is 15.1 Å². The molecule has 0 bridgehead atoms. The molecule has 1 aromatic carbocycles. The Balaban J connectivity index is 2.12. The molecule has 20 heavy (non-hydrogen) atoms. The first-order valence-corrected chi connectivity index (χ1v) is 7.09. The number of benzene rings is 1. The van der Waals surface area contributed by atoms with Crippen LogP contribution < -0.4 is 0 Å². The van der Waals surface area contributed by atoms with Gasteiger partial charge in [0.15, 0.2) is 5.82 Å². The summed E-state index contributed by atoms with van der Waals surface area (Å²) in [4.78, 5) is 8.79. The largest absolute Gasteiger partial charge is 0.340 e. The molecule has 0 aliphatic rings. The van der Waals surface area contributed by atoms with Crippen molar-refractivity contribution in [1.82, 2.24) is 19.7 Å². The van der Waals surface area contributed by atoms with Crippen LogP contribution in [0.3, 0.4) is 0 Å². The second-order valence-corrected chi connectivity index (χ2v) is 5.18. The third-order valence-corrected chi connectivity index (χ3v) is 3.48. The molecule has 3 aromatic rings. The van der Waals surface area contributed by atoms with Crippen LogP contribution in [0, 0.1) is 6.92 Å². The monoisotopic (exact) mass is 310 g/mol. The maximum absolute atomic E-state index is 6.29. The summed E-state index contributed by atoms with van der Waals surface area (Å²) in [5.74, 6) is 2.49. The average Bonchev–Trinajstić information content (AvgIpc) is 2.96. The third-order valence-electron chi connectivity index (χ3n) is 2.98. The number of imidazole rings is 1. The Morgan fingerprint density at radius 3 is 2.85 bits per heavy atom. The fourth-order valence-corrected chi connectivity index (χ4v) is 2.62. The smallest absolute Gasteiger partial charge is 0.223 e. The molecule has 0 radical (unpaired) electrons. The van der Waals surface area contributed by atoms with E-state index in [4.69, 9.17) is 27.7 Å². The minimum atomic E-state index is 0.462. The summed E-state index contributed by atoms with van der Waals surface area (Å²) in [6.07, 6.45) is 0.656. The highest BCUT2D eigenvalue weighted by Crippen LogP contribution is 2.25. The number of rotatable bonds is 4. The molecule has 0 aliphatic heterocycles. The minimum Gasteiger partial charge on any atom is -0.340 e. The standard InChI is InChI=1S/C13H12Cl2N4O/c1-8-16-11(18-20-8)7-19-12(5-6-14)17-10-4-2-3-9(15)13(10)19/h2-4H,5-7H2,1H3. The fraction of sp³-hybridized carbons (Fsp3) is 0.308. The van der Waals surface area contributed by atoms with Crippen LogP contribution in [0.2, 0.25) is 5.02 Å². The van der Waals surface area contributed by atoms with Gasteiger partial charge in [-0.15, -0.1) is 11.6 Å². The molecule has 0 atom stereocenters. The first kappa shape index (κ1) is 13.4. The molecule has 0 N–H and O–H groups in total. The maximum atomic E-state index is 6.29. The van der Waals surface area contributed by atoms with Crippen LogP contribution in [0.1, 0.15) is 17.5 Å². The Hall–Kier alpha value is -1.59. The average molecular weight is 311 g/mol. The van der Waals surface area contributed by atoms with Crippen LogP contribution in [0.25, 0.3) is 11.0 Å². The lowest BCUT2D eigenvalue weighted by Gasteiger charge is -2.06. The first-order valence-electron chi connectivity index (χ1n) is 6.18. The first-order chi connectivity index (χ1) is 9.69. The van der Waals surface area contributed by atoms with Crippen molar-refractivity contribution in [1.29, 1.82) is 0 Å². The molecular weight excluding hydrogens is 299 g/mol. The van der Waals surface area contributed by atoms with Crippen LogP contribution in [0.15, 0.2) is 22.7 Å². The van der Waals surface area contributed by atoms with Crippen LogP contribution in [-0.4, -0.2) is 25.6 Å². The summed E-state index contributed by atoms with van der Waals surface area (Å²) >= 11 is 12.1. The van der Waals surface area contributed by atoms with Gasteiger partial charge in [-0.25, -0.2) is 4.98 Å². The Bertz CT molecular complexity index is 750. The molecule has 0 fully saturated rings. The zero-order chi connectivity index (χ0) is 14.1. The van der Waals surface area contributed by atoms with Crippen molar-refractivity contribution < 1.29 is 4.52 Å². The lowest BCUT2D eigenvalue weighted by Crippen LogP contribution is -2.07. The van der Waals surface area contributed by atoms with Crippen molar-refractivity contribution >= 4 is 34.2 Å². The van der Waals surface area contributed by atoms with E-state index in [0.717, 1.165) is 16.9 Å². The van der Waals surface area contributed by atoms with Crippen molar-refractivity contribution in [3.05, 3.63) is 40.8 Å². The molecule has 0 spiro atoms. The van der Waals surface area contributed by atoms with Gasteiger partial charge in [-0.05, 0) is 12.1 Å². The predicted octanol–water partition coefficient (Wildman–Crippen LogP) is 3.21. The van der Waals surface area contributed by atoms with Crippen LogP contribution in [0.5, 0.6) is 0 Å². The molecule has 104 valence electrons. The zero-order valence-electron chi connectivity index (χ0n) is 10.8. The highest BCUT2D eigenvalue weighted by Gasteiger charge is 2.15. The van der Waals surface area contributed by atoms with Crippen molar-refractivity contribution in [2.24, 2.45) is 0 Å². The Morgan fingerprint density at radius 1 is 1.30 bits per heavy atom. The molecule has 0 amide bonds. The van der Waals surface area contributed by atoms with Crippen molar-refractivity contribution in [3.8, 4) is 0 Å². The molecule has 0 unspecified atom stereocenters.